The van der Waals surface area contributed by atoms with E-state index in [4.69, 9.17) is 9.40 Å². The van der Waals surface area contributed by atoms with E-state index >= 15 is 0 Å². The highest BCUT2D eigenvalue weighted by atomic mass is 19.4. The van der Waals surface area contributed by atoms with E-state index in [0.717, 1.165) is 27.8 Å². The van der Waals surface area contributed by atoms with Crippen LogP contribution in [-0.4, -0.2) is 78.2 Å². The van der Waals surface area contributed by atoms with E-state index in [2.05, 4.69) is 31.2 Å². The predicted octanol–water partition coefficient (Wildman–Crippen LogP) is 7.61. The normalized spacial score (nSPS) is 19.1. The zero-order chi connectivity index (χ0) is 40.2. The summed E-state index contributed by atoms with van der Waals surface area (Å²) in [6.07, 6.45) is -2.45. The number of fused-ring (bicyclic) bond motifs is 2. The number of anilines is 2. The van der Waals surface area contributed by atoms with E-state index in [1.54, 1.807) is 37.4 Å². The van der Waals surface area contributed by atoms with Gasteiger partial charge in [-0.05, 0) is 104 Å². The molecule has 8 rings (SSSR count). The summed E-state index contributed by atoms with van der Waals surface area (Å²) >= 11 is 0. The van der Waals surface area contributed by atoms with Gasteiger partial charge in [-0.3, -0.25) is 19.6 Å². The summed E-state index contributed by atoms with van der Waals surface area (Å²) in [4.78, 5) is 32.9. The molecule has 5 heterocycles. The van der Waals surface area contributed by atoms with Crippen LogP contribution in [0.15, 0.2) is 65.2 Å². The lowest BCUT2D eigenvalue weighted by molar-refractivity contribution is -0.147. The maximum Gasteiger partial charge on any atom is 0.451 e. The molecule has 2 fully saturated rings. The zero-order valence-electron chi connectivity index (χ0n) is 31.5. The van der Waals surface area contributed by atoms with Gasteiger partial charge in [0, 0.05) is 50.2 Å². The molecule has 3 N–H and O–H groups in total. The number of carbonyl (C=O) groups is 1. The second-order valence-corrected chi connectivity index (χ2v) is 15.3. The van der Waals surface area contributed by atoms with Crippen molar-refractivity contribution in [3.8, 4) is 28.7 Å². The molecule has 2 unspecified atom stereocenters. The molecule has 0 bridgehead atoms. The number of aliphatic carboxylic acids is 1. The van der Waals surface area contributed by atoms with Crippen LogP contribution >= 0.6 is 0 Å². The topological polar surface area (TPSA) is 165 Å². The fraction of sp³-hybridized carbons (Fsp3) is 0.333. The summed E-state index contributed by atoms with van der Waals surface area (Å²) in [6.45, 7) is 8.63. The number of halogens is 3. The Kier molecular flexibility index (Phi) is 9.67. The van der Waals surface area contributed by atoms with Gasteiger partial charge in [-0.25, -0.2) is 15.0 Å². The van der Waals surface area contributed by atoms with Crippen LogP contribution in [0.25, 0.3) is 44.7 Å². The maximum absolute atomic E-state index is 14.1. The third-order valence-electron chi connectivity index (χ3n) is 11.1. The van der Waals surface area contributed by atoms with Crippen molar-refractivity contribution in [2.45, 2.75) is 59.0 Å². The SMILES string of the molecule is Cc1c(Nc2nc(C(F)(F)F)nc3cc(CN4CCC(O)C4)cnc23)cccc1-c1cccc(-c2nc3cc(CN4CCC(C)(C(=O)O)C4)cc(C#N)c3o2)c1C. The molecule has 0 amide bonds. The third-order valence-corrected chi connectivity index (χ3v) is 11.1. The highest BCUT2D eigenvalue weighted by molar-refractivity contribution is 5.90. The molecular weight excluding hydrogens is 738 g/mol. The maximum atomic E-state index is 14.1. The lowest BCUT2D eigenvalue weighted by atomic mass is 9.90. The quantitative estimate of drug-likeness (QED) is 0.132. The van der Waals surface area contributed by atoms with Crippen LogP contribution in [0.2, 0.25) is 0 Å². The number of β-amino-alcohol motifs (C(OH)–C–C–N with tert-alkyl or cyclic N) is 1. The van der Waals surface area contributed by atoms with Gasteiger partial charge in [0.1, 0.15) is 17.1 Å². The summed E-state index contributed by atoms with van der Waals surface area (Å²) in [6, 6.07) is 18.6. The number of hydrogen-bond acceptors (Lipinski definition) is 11. The number of pyridine rings is 1. The van der Waals surface area contributed by atoms with Gasteiger partial charge in [0.15, 0.2) is 11.4 Å². The molecule has 0 saturated carbocycles. The lowest BCUT2D eigenvalue weighted by Gasteiger charge is -2.20. The molecule has 2 saturated heterocycles. The van der Waals surface area contributed by atoms with E-state index in [1.165, 1.54) is 0 Å². The minimum Gasteiger partial charge on any atom is -0.481 e. The highest BCUT2D eigenvalue weighted by Gasteiger charge is 2.40. The molecule has 2 aliphatic rings. The van der Waals surface area contributed by atoms with E-state index in [9.17, 15) is 33.4 Å². The van der Waals surface area contributed by atoms with E-state index in [1.807, 2.05) is 49.1 Å². The average Bonchev–Trinajstić information content (AvgIpc) is 3.90. The molecule has 3 aromatic carbocycles. The molecule has 2 aliphatic heterocycles. The summed E-state index contributed by atoms with van der Waals surface area (Å²) in [5.74, 6) is -1.87. The molecular formula is C42H39F3N8O4. The standard InChI is InChI=1S/C42H39F3N8O4/c1-23-29(6-4-8-31(23)38-49-34-15-25(14-27(17-46)36(34)57-38)19-53-13-11-41(3,22-53)40(55)56)30-7-5-9-32(24(30)2)48-37-35-33(50-39(51-37)42(43,44)45)16-26(18-47-35)20-52-12-10-28(54)21-52/h4-9,14-16,18,28,54H,10-13,19-22H2,1-3H3,(H,55,56)(H,48,50,51). The largest absolute Gasteiger partial charge is 0.481 e. The van der Waals surface area contributed by atoms with Crippen molar-refractivity contribution in [3.63, 3.8) is 0 Å². The van der Waals surface area contributed by atoms with Gasteiger partial charge in [0.2, 0.25) is 11.7 Å². The first-order valence-electron chi connectivity index (χ1n) is 18.6. The van der Waals surface area contributed by atoms with Crippen molar-refractivity contribution in [2.75, 3.05) is 31.5 Å². The zero-order valence-corrected chi connectivity index (χ0v) is 31.5. The van der Waals surface area contributed by atoms with Crippen molar-refractivity contribution in [1.82, 2.24) is 29.7 Å². The Morgan fingerprint density at radius 2 is 1.70 bits per heavy atom. The second-order valence-electron chi connectivity index (χ2n) is 15.3. The molecule has 3 aromatic heterocycles. The Bertz CT molecular complexity index is 2600. The van der Waals surface area contributed by atoms with Crippen molar-refractivity contribution in [2.24, 2.45) is 5.41 Å². The smallest absolute Gasteiger partial charge is 0.451 e. The van der Waals surface area contributed by atoms with Gasteiger partial charge >= 0.3 is 12.1 Å². The number of aliphatic hydroxyl groups excluding tert-OH is 1. The Balaban J connectivity index is 1.10. The first kappa shape index (κ1) is 37.9. The number of nitrogens with one attached hydrogen (secondary N) is 1. The van der Waals surface area contributed by atoms with Gasteiger partial charge in [0.05, 0.1) is 22.6 Å². The molecule has 15 heteroatoms. The molecule has 6 aromatic rings. The van der Waals surface area contributed by atoms with Gasteiger partial charge in [-0.1, -0.05) is 24.3 Å². The number of rotatable bonds is 9. The van der Waals surface area contributed by atoms with E-state index in [-0.39, 0.29) is 16.9 Å². The number of carboxylic acid groups (broad SMARTS) is 1. The Labute approximate surface area is 325 Å². The van der Waals surface area contributed by atoms with Gasteiger partial charge in [0.25, 0.3) is 0 Å². The van der Waals surface area contributed by atoms with Crippen LogP contribution < -0.4 is 5.32 Å². The van der Waals surface area contributed by atoms with Gasteiger partial charge in [-0.2, -0.15) is 18.4 Å². The monoisotopic (exact) mass is 776 g/mol. The first-order chi connectivity index (χ1) is 27.2. The number of likely N-dealkylation sites (tertiary alicyclic amines) is 2. The Hall–Kier alpha value is -5.95. The van der Waals surface area contributed by atoms with Crippen LogP contribution in [0, 0.1) is 30.6 Å². The lowest BCUT2D eigenvalue weighted by Crippen LogP contribution is -2.31. The number of nitriles is 1. The number of nitrogens with zero attached hydrogens (tertiary/aromatic N) is 7. The molecule has 0 radical (unpaired) electrons. The van der Waals surface area contributed by atoms with Crippen LogP contribution in [0.5, 0.6) is 0 Å². The summed E-state index contributed by atoms with van der Waals surface area (Å²) in [5, 5.41) is 32.7. The predicted molar refractivity (Wildman–Crippen MR) is 206 cm³/mol. The van der Waals surface area contributed by atoms with Crippen molar-refractivity contribution in [3.05, 3.63) is 94.4 Å². The van der Waals surface area contributed by atoms with Gasteiger partial charge < -0.3 is 19.9 Å². The first-order valence-corrected chi connectivity index (χ1v) is 18.6. The number of alkyl halides is 3. The van der Waals surface area contributed by atoms with Crippen LogP contribution in [-0.2, 0) is 24.1 Å². The number of benzene rings is 3. The number of oxazole rings is 1. The average molecular weight is 777 g/mol. The Morgan fingerprint density at radius 3 is 2.40 bits per heavy atom. The number of aliphatic hydroxyl groups is 1. The highest BCUT2D eigenvalue weighted by Crippen LogP contribution is 2.39. The summed E-state index contributed by atoms with van der Waals surface area (Å²) < 4.78 is 48.5. The third kappa shape index (κ3) is 7.39. The molecule has 292 valence electrons. The fourth-order valence-corrected chi connectivity index (χ4v) is 7.93. The van der Waals surface area contributed by atoms with Crippen molar-refractivity contribution in [1.29, 1.82) is 5.26 Å². The number of aromatic nitrogens is 4. The van der Waals surface area contributed by atoms with Gasteiger partial charge in [-0.15, -0.1) is 0 Å². The van der Waals surface area contributed by atoms with Crippen LogP contribution in [0.4, 0.5) is 24.7 Å². The molecule has 0 spiro atoms. The molecule has 57 heavy (non-hydrogen) atoms. The van der Waals surface area contributed by atoms with Crippen molar-refractivity contribution >= 4 is 39.6 Å². The minimum atomic E-state index is -4.80. The van der Waals surface area contributed by atoms with E-state index < -0.39 is 29.5 Å². The van der Waals surface area contributed by atoms with E-state index in [0.29, 0.717) is 91.5 Å². The molecule has 12 nitrogen and oxygen atoms in total. The summed E-state index contributed by atoms with van der Waals surface area (Å²) in [7, 11) is 0. The number of carboxylic acids is 1. The van der Waals surface area contributed by atoms with Crippen LogP contribution in [0.1, 0.15) is 53.4 Å². The minimum absolute atomic E-state index is 0.0525. The van der Waals surface area contributed by atoms with Crippen molar-refractivity contribution < 1.29 is 32.6 Å². The Morgan fingerprint density at radius 1 is 0.982 bits per heavy atom. The molecule has 0 aliphatic carbocycles. The number of hydrogen-bond donors (Lipinski definition) is 3. The van der Waals surface area contributed by atoms with Crippen LogP contribution in [0.3, 0.4) is 0 Å². The molecule has 2 atom stereocenters. The second kappa shape index (κ2) is 14.5. The fourth-order valence-electron chi connectivity index (χ4n) is 7.93. The summed E-state index contributed by atoms with van der Waals surface area (Å²) in [5.41, 5.74) is 6.58.